The van der Waals surface area contributed by atoms with Crippen molar-refractivity contribution in [3.05, 3.63) is 24.3 Å². The van der Waals surface area contributed by atoms with Gasteiger partial charge in [0, 0.05) is 5.69 Å². The van der Waals surface area contributed by atoms with Gasteiger partial charge in [0.25, 0.3) is 0 Å². The summed E-state index contributed by atoms with van der Waals surface area (Å²) in [6.45, 7) is 4.70. The summed E-state index contributed by atoms with van der Waals surface area (Å²) in [5, 5.41) is 3.08. The van der Waals surface area contributed by atoms with E-state index < -0.39 is 0 Å². The first kappa shape index (κ1) is 13.4. The Morgan fingerprint density at radius 1 is 1.35 bits per heavy atom. The fraction of sp³-hybridized carbons (Fsp3) is 0.462. The summed E-state index contributed by atoms with van der Waals surface area (Å²) in [4.78, 5) is 11.1. The van der Waals surface area contributed by atoms with E-state index >= 15 is 0 Å². The number of hydrogen-bond donors (Lipinski definition) is 2. The van der Waals surface area contributed by atoms with Crippen molar-refractivity contribution >= 4 is 11.6 Å². The molecule has 0 aliphatic carbocycles. The van der Waals surface area contributed by atoms with Crippen LogP contribution < -0.4 is 15.8 Å². The lowest BCUT2D eigenvalue weighted by Crippen LogP contribution is -2.34. The molecule has 3 N–H and O–H groups in total. The van der Waals surface area contributed by atoms with E-state index in [4.69, 9.17) is 10.5 Å². The maximum absolute atomic E-state index is 11.1. The topological polar surface area (TPSA) is 64.3 Å². The van der Waals surface area contributed by atoms with Crippen molar-refractivity contribution in [1.29, 1.82) is 0 Å². The molecule has 4 heteroatoms. The van der Waals surface area contributed by atoms with Gasteiger partial charge in [0.1, 0.15) is 11.8 Å². The van der Waals surface area contributed by atoms with Gasteiger partial charge in [-0.2, -0.15) is 0 Å². The number of benzene rings is 1. The second-order valence-corrected chi connectivity index (χ2v) is 3.88. The van der Waals surface area contributed by atoms with Gasteiger partial charge in [0.05, 0.1) is 6.61 Å². The van der Waals surface area contributed by atoms with Crippen LogP contribution in [-0.2, 0) is 4.79 Å². The molecule has 1 aromatic carbocycles. The minimum atomic E-state index is -0.334. The van der Waals surface area contributed by atoms with Crippen LogP contribution in [0, 0.1) is 0 Å². The van der Waals surface area contributed by atoms with Gasteiger partial charge in [-0.15, -0.1) is 0 Å². The molecule has 94 valence electrons. The molecule has 0 saturated carbocycles. The van der Waals surface area contributed by atoms with Crippen LogP contribution in [0.4, 0.5) is 5.69 Å². The van der Waals surface area contributed by atoms with Gasteiger partial charge in [0.2, 0.25) is 5.91 Å². The number of carbonyl (C=O) groups excluding carboxylic acids is 1. The van der Waals surface area contributed by atoms with Gasteiger partial charge >= 0.3 is 0 Å². The molecule has 0 spiro atoms. The third-order valence-electron chi connectivity index (χ3n) is 2.42. The van der Waals surface area contributed by atoms with Gasteiger partial charge < -0.3 is 15.8 Å². The summed E-state index contributed by atoms with van der Waals surface area (Å²) in [5.74, 6) is 0.503. The minimum absolute atomic E-state index is 0.322. The Morgan fingerprint density at radius 2 is 2.00 bits per heavy atom. The summed E-state index contributed by atoms with van der Waals surface area (Å²) in [6, 6.07) is 7.21. The van der Waals surface area contributed by atoms with Crippen LogP contribution >= 0.6 is 0 Å². The van der Waals surface area contributed by atoms with E-state index in [0.29, 0.717) is 13.0 Å². The third-order valence-corrected chi connectivity index (χ3v) is 2.42. The lowest BCUT2D eigenvalue weighted by Gasteiger charge is -2.15. The molecular weight excluding hydrogens is 216 g/mol. The Balaban J connectivity index is 2.58. The van der Waals surface area contributed by atoms with Gasteiger partial charge in [-0.25, -0.2) is 0 Å². The van der Waals surface area contributed by atoms with Crippen LogP contribution in [0.2, 0.25) is 0 Å². The highest BCUT2D eigenvalue weighted by Gasteiger charge is 2.11. The predicted octanol–water partition coefficient (Wildman–Crippen LogP) is 2.15. The first-order valence-corrected chi connectivity index (χ1v) is 5.96. The fourth-order valence-electron chi connectivity index (χ4n) is 1.44. The van der Waals surface area contributed by atoms with Crippen LogP contribution in [0.15, 0.2) is 24.3 Å². The molecule has 0 bridgehead atoms. The van der Waals surface area contributed by atoms with Crippen molar-refractivity contribution in [2.24, 2.45) is 5.73 Å². The number of carbonyl (C=O) groups is 1. The van der Waals surface area contributed by atoms with Crippen molar-refractivity contribution in [1.82, 2.24) is 0 Å². The molecule has 0 fully saturated rings. The number of hydrogen-bond acceptors (Lipinski definition) is 3. The summed E-state index contributed by atoms with van der Waals surface area (Å²) >= 11 is 0. The number of nitrogens with one attached hydrogen (secondary N) is 1. The number of anilines is 1. The van der Waals surface area contributed by atoms with E-state index in [-0.39, 0.29) is 11.9 Å². The molecule has 1 rings (SSSR count). The molecule has 0 aliphatic heterocycles. The molecule has 0 aromatic heterocycles. The Morgan fingerprint density at radius 3 is 2.47 bits per heavy atom. The molecule has 0 aliphatic rings. The summed E-state index contributed by atoms with van der Waals surface area (Å²) in [7, 11) is 0. The third kappa shape index (κ3) is 4.34. The highest BCUT2D eigenvalue weighted by molar-refractivity contribution is 5.82. The van der Waals surface area contributed by atoms with Crippen molar-refractivity contribution < 1.29 is 9.53 Å². The highest BCUT2D eigenvalue weighted by atomic mass is 16.5. The molecule has 4 nitrogen and oxygen atoms in total. The maximum Gasteiger partial charge on any atom is 0.239 e. The van der Waals surface area contributed by atoms with Crippen molar-refractivity contribution in [3.8, 4) is 5.75 Å². The number of ether oxygens (including phenoxy) is 1. The summed E-state index contributed by atoms with van der Waals surface area (Å²) in [6.07, 6.45) is 1.66. The number of primary amides is 1. The number of amides is 1. The first-order valence-electron chi connectivity index (χ1n) is 5.96. The van der Waals surface area contributed by atoms with Crippen LogP contribution in [0.25, 0.3) is 0 Å². The van der Waals surface area contributed by atoms with Gasteiger partial charge in [-0.05, 0) is 37.1 Å². The molecule has 0 saturated heterocycles. The second kappa shape index (κ2) is 6.78. The fourth-order valence-corrected chi connectivity index (χ4v) is 1.44. The molecule has 17 heavy (non-hydrogen) atoms. The van der Waals surface area contributed by atoms with Gasteiger partial charge in [0.15, 0.2) is 0 Å². The molecule has 1 amide bonds. The number of rotatable bonds is 7. The molecule has 1 atom stereocenters. The van der Waals surface area contributed by atoms with Gasteiger partial charge in [-0.1, -0.05) is 13.8 Å². The normalized spacial score (nSPS) is 11.9. The largest absolute Gasteiger partial charge is 0.494 e. The zero-order valence-electron chi connectivity index (χ0n) is 10.4. The zero-order chi connectivity index (χ0) is 12.7. The highest BCUT2D eigenvalue weighted by Crippen LogP contribution is 2.17. The van der Waals surface area contributed by atoms with E-state index in [1.54, 1.807) is 0 Å². The molecule has 1 unspecified atom stereocenters. The van der Waals surface area contributed by atoms with E-state index in [1.165, 1.54) is 0 Å². The molecular formula is C13H20N2O2. The Bertz CT molecular complexity index is 349. The van der Waals surface area contributed by atoms with E-state index in [9.17, 15) is 4.79 Å². The Hall–Kier alpha value is -1.71. The van der Waals surface area contributed by atoms with Gasteiger partial charge in [-0.3, -0.25) is 4.79 Å². The monoisotopic (exact) mass is 236 g/mol. The predicted molar refractivity (Wildman–Crippen MR) is 69.1 cm³/mol. The van der Waals surface area contributed by atoms with Crippen LogP contribution in [0.1, 0.15) is 26.7 Å². The Kier molecular flexibility index (Phi) is 5.33. The molecule has 0 radical (unpaired) electrons. The SMILES string of the molecule is CCCOc1ccc(NC(CC)C(N)=O)cc1. The maximum atomic E-state index is 11.1. The average Bonchev–Trinajstić information content (AvgIpc) is 2.34. The lowest BCUT2D eigenvalue weighted by molar-refractivity contribution is -0.118. The number of nitrogens with two attached hydrogens (primary N) is 1. The van der Waals surface area contributed by atoms with Crippen LogP contribution in [-0.4, -0.2) is 18.6 Å². The standard InChI is InChI=1S/C13H20N2O2/c1-3-9-17-11-7-5-10(6-8-11)15-12(4-2)13(14)16/h5-8,12,15H,3-4,9H2,1-2H3,(H2,14,16). The van der Waals surface area contributed by atoms with Crippen molar-refractivity contribution in [2.75, 3.05) is 11.9 Å². The van der Waals surface area contributed by atoms with Crippen LogP contribution in [0.5, 0.6) is 5.75 Å². The lowest BCUT2D eigenvalue weighted by atomic mass is 10.2. The quantitative estimate of drug-likeness (QED) is 0.762. The summed E-state index contributed by atoms with van der Waals surface area (Å²) in [5.41, 5.74) is 6.14. The average molecular weight is 236 g/mol. The molecule has 1 aromatic rings. The first-order chi connectivity index (χ1) is 8.17. The van der Waals surface area contributed by atoms with E-state index in [2.05, 4.69) is 12.2 Å². The Labute approximate surface area is 102 Å². The van der Waals surface area contributed by atoms with E-state index in [1.807, 2.05) is 31.2 Å². The minimum Gasteiger partial charge on any atom is -0.494 e. The smallest absolute Gasteiger partial charge is 0.239 e. The van der Waals surface area contributed by atoms with Crippen molar-refractivity contribution in [2.45, 2.75) is 32.7 Å². The summed E-state index contributed by atoms with van der Waals surface area (Å²) < 4.78 is 5.47. The van der Waals surface area contributed by atoms with Crippen molar-refractivity contribution in [3.63, 3.8) is 0 Å². The second-order valence-electron chi connectivity index (χ2n) is 3.88. The van der Waals surface area contributed by atoms with Crippen LogP contribution in [0.3, 0.4) is 0 Å². The van der Waals surface area contributed by atoms with E-state index in [0.717, 1.165) is 17.9 Å². The molecule has 0 heterocycles. The zero-order valence-corrected chi connectivity index (χ0v) is 10.4.